The molecule has 0 saturated heterocycles. The zero-order valence-electron chi connectivity index (χ0n) is 12.6. The van der Waals surface area contributed by atoms with Gasteiger partial charge in [0.05, 0.1) is 11.2 Å². The largest absolute Gasteiger partial charge is 0.466 e. The maximum absolute atomic E-state index is 13.1. The molecule has 1 saturated carbocycles. The molecule has 1 fully saturated rings. The van der Waals surface area contributed by atoms with Crippen LogP contribution in [-0.4, -0.2) is 20.1 Å². The van der Waals surface area contributed by atoms with E-state index in [4.69, 9.17) is 4.42 Å². The number of hydrogen-bond acceptors (Lipinski definition) is 4. The second-order valence-electron chi connectivity index (χ2n) is 5.91. The molecule has 2 aromatic rings. The lowest BCUT2D eigenvalue weighted by molar-refractivity contribution is -0.00224. The van der Waals surface area contributed by atoms with Gasteiger partial charge in [-0.2, -0.15) is 0 Å². The number of rotatable bonds is 6. The van der Waals surface area contributed by atoms with Gasteiger partial charge >= 0.3 is 0 Å². The molecular weight excluding hydrogens is 321 g/mol. The minimum absolute atomic E-state index is 0.00325. The highest BCUT2D eigenvalue weighted by atomic mass is 32.2. The Morgan fingerprint density at radius 2 is 2.13 bits per heavy atom. The number of halogens is 1. The molecule has 2 N–H and O–H groups in total. The third-order valence-electron chi connectivity index (χ3n) is 4.16. The van der Waals surface area contributed by atoms with Crippen LogP contribution in [0, 0.1) is 18.7 Å². The van der Waals surface area contributed by atoms with Crippen LogP contribution in [0.15, 0.2) is 45.9 Å². The number of sulfonamides is 1. The third kappa shape index (κ3) is 3.17. The molecule has 23 heavy (non-hydrogen) atoms. The highest BCUT2D eigenvalue weighted by Gasteiger charge is 2.47. The molecule has 0 aliphatic heterocycles. The summed E-state index contributed by atoms with van der Waals surface area (Å²) in [6, 6.07) is 6.77. The van der Waals surface area contributed by atoms with Gasteiger partial charge in [-0.3, -0.25) is 0 Å². The lowest BCUT2D eigenvalue weighted by atomic mass is 9.95. The molecule has 1 aliphatic rings. The van der Waals surface area contributed by atoms with Gasteiger partial charge in [0.2, 0.25) is 10.0 Å². The number of aryl methyl sites for hydroxylation is 1. The smallest absolute Gasteiger partial charge is 0.240 e. The maximum Gasteiger partial charge on any atom is 0.240 e. The van der Waals surface area contributed by atoms with Crippen molar-refractivity contribution in [2.75, 3.05) is 6.54 Å². The van der Waals surface area contributed by atoms with Crippen molar-refractivity contribution in [3.63, 3.8) is 0 Å². The normalized spacial score (nSPS) is 17.9. The molecule has 1 aromatic heterocycles. The second kappa shape index (κ2) is 5.74. The Morgan fingerprint density at radius 1 is 1.39 bits per heavy atom. The minimum atomic E-state index is -3.86. The summed E-state index contributed by atoms with van der Waals surface area (Å²) >= 11 is 0. The summed E-state index contributed by atoms with van der Waals surface area (Å²) in [6.45, 7) is 1.33. The molecular formula is C16H18FNO4S. The molecule has 3 rings (SSSR count). The molecule has 124 valence electrons. The van der Waals surface area contributed by atoms with Crippen molar-refractivity contribution in [1.82, 2.24) is 4.72 Å². The van der Waals surface area contributed by atoms with Gasteiger partial charge in [-0.05, 0) is 61.6 Å². The Bertz CT molecular complexity index is 799. The maximum atomic E-state index is 13.1. The van der Waals surface area contributed by atoms with Crippen molar-refractivity contribution in [3.05, 3.63) is 53.7 Å². The summed E-state index contributed by atoms with van der Waals surface area (Å²) in [5.41, 5.74) is -1.06. The Morgan fingerprint density at radius 3 is 2.70 bits per heavy atom. The number of aliphatic hydroxyl groups is 1. The highest BCUT2D eigenvalue weighted by molar-refractivity contribution is 7.89. The van der Waals surface area contributed by atoms with Crippen molar-refractivity contribution in [2.45, 2.75) is 30.3 Å². The van der Waals surface area contributed by atoms with Gasteiger partial charge in [-0.25, -0.2) is 17.5 Å². The second-order valence-corrected chi connectivity index (χ2v) is 7.65. The molecule has 0 unspecified atom stereocenters. The van der Waals surface area contributed by atoms with Crippen LogP contribution in [0.25, 0.3) is 0 Å². The first-order chi connectivity index (χ1) is 10.8. The van der Waals surface area contributed by atoms with Crippen LogP contribution < -0.4 is 4.72 Å². The van der Waals surface area contributed by atoms with E-state index >= 15 is 0 Å². The Balaban J connectivity index is 1.83. The van der Waals surface area contributed by atoms with Crippen molar-refractivity contribution in [1.29, 1.82) is 0 Å². The van der Waals surface area contributed by atoms with Crippen LogP contribution >= 0.6 is 0 Å². The quantitative estimate of drug-likeness (QED) is 0.846. The van der Waals surface area contributed by atoms with Crippen LogP contribution in [0.1, 0.15) is 24.2 Å². The molecule has 1 heterocycles. The predicted molar refractivity (Wildman–Crippen MR) is 81.7 cm³/mol. The Labute approximate surface area is 134 Å². The monoisotopic (exact) mass is 339 g/mol. The van der Waals surface area contributed by atoms with Gasteiger partial charge < -0.3 is 9.52 Å². The minimum Gasteiger partial charge on any atom is -0.466 e. The van der Waals surface area contributed by atoms with Crippen LogP contribution in [0.3, 0.4) is 0 Å². The van der Waals surface area contributed by atoms with Crippen LogP contribution in [0.4, 0.5) is 4.39 Å². The van der Waals surface area contributed by atoms with E-state index in [2.05, 4.69) is 4.72 Å². The van der Waals surface area contributed by atoms with Gasteiger partial charge in [0, 0.05) is 6.54 Å². The molecule has 1 aromatic carbocycles. The summed E-state index contributed by atoms with van der Waals surface area (Å²) in [5.74, 6) is -0.185. The lowest BCUT2D eigenvalue weighted by Gasteiger charge is -2.26. The first-order valence-electron chi connectivity index (χ1n) is 7.35. The van der Waals surface area contributed by atoms with Gasteiger partial charge in [0.25, 0.3) is 0 Å². The Hall–Kier alpha value is -1.70. The molecule has 0 bridgehead atoms. The third-order valence-corrected chi connectivity index (χ3v) is 5.72. The predicted octanol–water partition coefficient (Wildman–Crippen LogP) is 2.30. The number of nitrogens with one attached hydrogen (secondary N) is 1. The van der Waals surface area contributed by atoms with E-state index in [-0.39, 0.29) is 17.4 Å². The van der Waals surface area contributed by atoms with Gasteiger partial charge in [0.15, 0.2) is 0 Å². The molecule has 0 amide bonds. The molecule has 0 radical (unpaired) electrons. The highest BCUT2D eigenvalue weighted by Crippen LogP contribution is 2.45. The fraction of sp³-hybridized carbons (Fsp3) is 0.375. The van der Waals surface area contributed by atoms with Crippen molar-refractivity contribution >= 4 is 10.0 Å². The van der Waals surface area contributed by atoms with E-state index in [0.29, 0.717) is 11.3 Å². The fourth-order valence-corrected chi connectivity index (χ4v) is 4.01. The van der Waals surface area contributed by atoms with Crippen molar-refractivity contribution in [2.24, 2.45) is 5.92 Å². The number of benzene rings is 1. The molecule has 1 atom stereocenters. The zero-order valence-corrected chi connectivity index (χ0v) is 13.4. The fourth-order valence-electron chi connectivity index (χ4n) is 2.72. The summed E-state index contributed by atoms with van der Waals surface area (Å²) < 4.78 is 45.7. The average Bonchev–Trinajstić information content (AvgIpc) is 3.20. The topological polar surface area (TPSA) is 79.5 Å². The zero-order chi connectivity index (χ0) is 16.7. The van der Waals surface area contributed by atoms with Gasteiger partial charge in [-0.15, -0.1) is 0 Å². The standard InChI is InChI=1S/C16H18FNO4S/c1-11-9-13(17)6-7-14(11)23(20,21)18-10-16(19,12-4-5-12)15-3-2-8-22-15/h2-3,6-9,12,18-19H,4-5,10H2,1H3/t16-/m0/s1. The summed E-state index contributed by atoms with van der Waals surface area (Å²) in [5, 5.41) is 10.9. The SMILES string of the molecule is Cc1cc(F)ccc1S(=O)(=O)NC[C@@](O)(c1ccco1)C1CC1. The van der Waals surface area contributed by atoms with E-state index in [1.54, 1.807) is 12.1 Å². The van der Waals surface area contributed by atoms with E-state index in [1.807, 2.05) is 0 Å². The van der Waals surface area contributed by atoms with Crippen LogP contribution in [0.2, 0.25) is 0 Å². The lowest BCUT2D eigenvalue weighted by Crippen LogP contribution is -2.42. The van der Waals surface area contributed by atoms with Crippen LogP contribution in [0.5, 0.6) is 0 Å². The summed E-state index contributed by atoms with van der Waals surface area (Å²) in [4.78, 5) is -0.00325. The summed E-state index contributed by atoms with van der Waals surface area (Å²) in [6.07, 6.45) is 3.07. The van der Waals surface area contributed by atoms with Gasteiger partial charge in [-0.1, -0.05) is 0 Å². The van der Waals surface area contributed by atoms with E-state index in [9.17, 15) is 17.9 Å². The first kappa shape index (κ1) is 16.2. The van der Waals surface area contributed by atoms with Crippen molar-refractivity contribution in [3.8, 4) is 0 Å². The number of hydrogen-bond donors (Lipinski definition) is 2. The van der Waals surface area contributed by atoms with E-state index in [1.165, 1.54) is 19.3 Å². The van der Waals surface area contributed by atoms with Gasteiger partial charge in [0.1, 0.15) is 17.2 Å². The van der Waals surface area contributed by atoms with E-state index in [0.717, 1.165) is 25.0 Å². The number of furan rings is 1. The first-order valence-corrected chi connectivity index (χ1v) is 8.83. The average molecular weight is 339 g/mol. The van der Waals surface area contributed by atoms with Crippen LogP contribution in [-0.2, 0) is 15.6 Å². The molecule has 1 aliphatic carbocycles. The molecule has 5 nitrogen and oxygen atoms in total. The Kier molecular flexibility index (Phi) is 4.03. The van der Waals surface area contributed by atoms with E-state index < -0.39 is 21.4 Å². The summed E-state index contributed by atoms with van der Waals surface area (Å²) in [7, 11) is -3.86. The molecule has 0 spiro atoms. The van der Waals surface area contributed by atoms with Crippen molar-refractivity contribution < 1.29 is 22.3 Å². The molecule has 7 heteroatoms.